The number of fused-ring (bicyclic) bond motifs is 1. The number of hydrogen-bond acceptors (Lipinski definition) is 5. The van der Waals surface area contributed by atoms with Gasteiger partial charge in [0.15, 0.2) is 11.5 Å². The molecule has 0 aliphatic rings. The van der Waals surface area contributed by atoms with Crippen LogP contribution >= 0.6 is 0 Å². The molecule has 0 aliphatic heterocycles. The summed E-state index contributed by atoms with van der Waals surface area (Å²) in [5.41, 5.74) is 11.4. The molecular weight excluding hydrogens is 208 g/mol. The summed E-state index contributed by atoms with van der Waals surface area (Å²) in [6.45, 7) is 1.65. The zero-order valence-corrected chi connectivity index (χ0v) is 8.71. The number of nitrogens with two attached hydrogens (primary N) is 2. The van der Waals surface area contributed by atoms with Crippen LogP contribution in [0, 0.1) is 0 Å². The smallest absolute Gasteiger partial charge is 0.239 e. The van der Waals surface area contributed by atoms with Gasteiger partial charge in [-0.3, -0.25) is 4.79 Å². The van der Waals surface area contributed by atoms with Crippen LogP contribution in [-0.2, 0) is 4.79 Å². The normalized spacial score (nSPS) is 12.6. The average Bonchev–Trinajstić information content (AvgIpc) is 2.65. The van der Waals surface area contributed by atoms with E-state index >= 15 is 0 Å². The molecule has 0 aliphatic carbocycles. The van der Waals surface area contributed by atoms with E-state index in [0.717, 1.165) is 0 Å². The standard InChI is InChI=1S/C9H12N6O/c1-5(7(11)16)13-8-9-12-2-3-15(9)4-6(10)14-8/h2-5H,10H2,1H3,(H2,11,16)(H,13,14). The van der Waals surface area contributed by atoms with Crippen molar-refractivity contribution in [1.82, 2.24) is 14.4 Å². The Balaban J connectivity index is 2.42. The summed E-state index contributed by atoms with van der Waals surface area (Å²) in [7, 11) is 0. The number of carbonyl (C=O) groups is 1. The monoisotopic (exact) mass is 220 g/mol. The second-order valence-corrected chi connectivity index (χ2v) is 3.44. The molecule has 1 amide bonds. The van der Waals surface area contributed by atoms with Crippen molar-refractivity contribution in [3.63, 3.8) is 0 Å². The number of amides is 1. The van der Waals surface area contributed by atoms with Crippen molar-refractivity contribution < 1.29 is 4.79 Å². The third-order valence-electron chi connectivity index (χ3n) is 2.17. The molecule has 7 nitrogen and oxygen atoms in total. The minimum absolute atomic E-state index is 0.338. The van der Waals surface area contributed by atoms with Crippen molar-refractivity contribution in [2.45, 2.75) is 13.0 Å². The predicted octanol–water partition coefficient (Wildman–Crippen LogP) is -0.403. The van der Waals surface area contributed by atoms with E-state index in [4.69, 9.17) is 11.5 Å². The van der Waals surface area contributed by atoms with Crippen molar-refractivity contribution in [1.29, 1.82) is 0 Å². The van der Waals surface area contributed by atoms with Gasteiger partial charge in [-0.25, -0.2) is 9.97 Å². The number of imidazole rings is 1. The van der Waals surface area contributed by atoms with Crippen molar-refractivity contribution >= 4 is 23.2 Å². The van der Waals surface area contributed by atoms with Crippen LogP contribution < -0.4 is 16.8 Å². The average molecular weight is 220 g/mol. The highest BCUT2D eigenvalue weighted by atomic mass is 16.1. The Bertz CT molecular complexity index is 534. The second-order valence-electron chi connectivity index (χ2n) is 3.44. The van der Waals surface area contributed by atoms with Crippen LogP contribution in [0.15, 0.2) is 18.6 Å². The highest BCUT2D eigenvalue weighted by Gasteiger charge is 2.12. The maximum Gasteiger partial charge on any atom is 0.239 e. The number of nitrogens with one attached hydrogen (secondary N) is 1. The highest BCUT2D eigenvalue weighted by Crippen LogP contribution is 2.15. The molecule has 1 atom stereocenters. The van der Waals surface area contributed by atoms with E-state index in [1.165, 1.54) is 0 Å². The molecule has 7 heteroatoms. The van der Waals surface area contributed by atoms with Crippen molar-refractivity contribution in [3.8, 4) is 0 Å². The molecule has 0 radical (unpaired) electrons. The lowest BCUT2D eigenvalue weighted by Gasteiger charge is -2.11. The number of nitrogens with zero attached hydrogens (tertiary/aromatic N) is 3. The van der Waals surface area contributed by atoms with Gasteiger partial charge in [-0.1, -0.05) is 0 Å². The lowest BCUT2D eigenvalue weighted by molar-refractivity contribution is -0.118. The summed E-state index contributed by atoms with van der Waals surface area (Å²) >= 11 is 0. The third kappa shape index (κ3) is 1.74. The number of aromatic nitrogens is 3. The van der Waals surface area contributed by atoms with Crippen LogP contribution in [0.3, 0.4) is 0 Å². The topological polar surface area (TPSA) is 111 Å². The first kappa shape index (κ1) is 10.2. The van der Waals surface area contributed by atoms with E-state index < -0.39 is 11.9 Å². The Kier molecular flexibility index (Phi) is 2.35. The zero-order chi connectivity index (χ0) is 11.7. The summed E-state index contributed by atoms with van der Waals surface area (Å²) in [5, 5.41) is 2.86. The molecule has 0 spiro atoms. The van der Waals surface area contributed by atoms with Gasteiger partial charge in [0.25, 0.3) is 0 Å². The van der Waals surface area contributed by atoms with E-state index in [1.54, 1.807) is 29.9 Å². The first-order valence-electron chi connectivity index (χ1n) is 4.73. The first-order valence-corrected chi connectivity index (χ1v) is 4.73. The number of hydrogen-bond donors (Lipinski definition) is 3. The minimum Gasteiger partial charge on any atom is -0.382 e. The van der Waals surface area contributed by atoms with Crippen LogP contribution in [0.2, 0.25) is 0 Å². The van der Waals surface area contributed by atoms with Gasteiger partial charge < -0.3 is 21.2 Å². The molecule has 0 aromatic carbocycles. The molecular formula is C9H12N6O. The molecule has 2 heterocycles. The molecule has 2 aromatic heterocycles. The Morgan fingerprint density at radius 3 is 3.06 bits per heavy atom. The summed E-state index contributed by atoms with van der Waals surface area (Å²) in [4.78, 5) is 19.1. The molecule has 1 unspecified atom stereocenters. The number of nitrogen functional groups attached to an aromatic ring is 1. The van der Waals surface area contributed by atoms with Crippen LogP contribution in [-0.4, -0.2) is 26.3 Å². The summed E-state index contributed by atoms with van der Waals surface area (Å²) in [6, 6.07) is -0.533. The lowest BCUT2D eigenvalue weighted by atomic mass is 10.3. The number of rotatable bonds is 3. The van der Waals surface area contributed by atoms with Crippen LogP contribution in [0.5, 0.6) is 0 Å². The maximum absolute atomic E-state index is 10.9. The highest BCUT2D eigenvalue weighted by molar-refractivity contribution is 5.83. The van der Waals surface area contributed by atoms with Crippen molar-refractivity contribution in [2.24, 2.45) is 5.73 Å². The van der Waals surface area contributed by atoms with E-state index in [-0.39, 0.29) is 0 Å². The van der Waals surface area contributed by atoms with E-state index in [2.05, 4.69) is 15.3 Å². The Labute approximate surface area is 91.5 Å². The SMILES string of the molecule is CC(Nc1nc(N)cn2ccnc12)C(N)=O. The quantitative estimate of drug-likeness (QED) is 0.651. The third-order valence-corrected chi connectivity index (χ3v) is 2.17. The fourth-order valence-corrected chi connectivity index (χ4v) is 1.32. The van der Waals surface area contributed by atoms with E-state index in [9.17, 15) is 4.79 Å². The fraction of sp³-hybridized carbons (Fsp3) is 0.222. The number of anilines is 2. The maximum atomic E-state index is 10.9. The second kappa shape index (κ2) is 3.69. The van der Waals surface area contributed by atoms with E-state index in [1.807, 2.05) is 0 Å². The van der Waals surface area contributed by atoms with E-state index in [0.29, 0.717) is 17.3 Å². The van der Waals surface area contributed by atoms with Gasteiger partial charge in [-0.05, 0) is 6.92 Å². The molecule has 0 fully saturated rings. The van der Waals surface area contributed by atoms with Crippen LogP contribution in [0.4, 0.5) is 11.6 Å². The first-order chi connectivity index (χ1) is 7.58. The van der Waals surface area contributed by atoms with Gasteiger partial charge in [-0.15, -0.1) is 0 Å². The number of carbonyl (C=O) groups excluding carboxylic acids is 1. The number of primary amides is 1. The molecule has 0 saturated heterocycles. The molecule has 0 saturated carbocycles. The molecule has 5 N–H and O–H groups in total. The Hall–Kier alpha value is -2.31. The predicted molar refractivity (Wildman–Crippen MR) is 59.7 cm³/mol. The molecule has 84 valence electrons. The molecule has 16 heavy (non-hydrogen) atoms. The molecule has 2 aromatic rings. The largest absolute Gasteiger partial charge is 0.382 e. The van der Waals surface area contributed by atoms with Crippen molar-refractivity contribution in [2.75, 3.05) is 11.1 Å². The summed E-state index contributed by atoms with van der Waals surface area (Å²) < 4.78 is 1.72. The lowest BCUT2D eigenvalue weighted by Crippen LogP contribution is -2.33. The van der Waals surface area contributed by atoms with Gasteiger partial charge >= 0.3 is 0 Å². The van der Waals surface area contributed by atoms with Crippen LogP contribution in [0.1, 0.15) is 6.92 Å². The van der Waals surface area contributed by atoms with Crippen molar-refractivity contribution in [3.05, 3.63) is 18.6 Å². The zero-order valence-electron chi connectivity index (χ0n) is 8.71. The minimum atomic E-state index is -0.533. The summed E-state index contributed by atoms with van der Waals surface area (Å²) in [6.07, 6.45) is 5.01. The summed E-state index contributed by atoms with van der Waals surface area (Å²) in [5.74, 6) is 0.315. The fourth-order valence-electron chi connectivity index (χ4n) is 1.32. The van der Waals surface area contributed by atoms with Gasteiger partial charge in [0.05, 0.1) is 6.20 Å². The van der Waals surface area contributed by atoms with Gasteiger partial charge in [0.2, 0.25) is 5.91 Å². The van der Waals surface area contributed by atoms with Gasteiger partial charge in [0, 0.05) is 12.4 Å². The molecule has 2 rings (SSSR count). The van der Waals surface area contributed by atoms with Gasteiger partial charge in [0.1, 0.15) is 11.9 Å². The van der Waals surface area contributed by atoms with Crippen LogP contribution in [0.25, 0.3) is 5.65 Å². The van der Waals surface area contributed by atoms with Gasteiger partial charge in [-0.2, -0.15) is 0 Å². The molecule has 0 bridgehead atoms. The Morgan fingerprint density at radius 2 is 2.38 bits per heavy atom. The Morgan fingerprint density at radius 1 is 1.62 bits per heavy atom.